The second kappa shape index (κ2) is 6.30. The average Bonchev–Trinajstić information content (AvgIpc) is 2.38. The molecule has 1 atom stereocenters. The van der Waals surface area contributed by atoms with Crippen molar-refractivity contribution in [3.05, 3.63) is 35.6 Å². The van der Waals surface area contributed by atoms with Gasteiger partial charge < -0.3 is 15.6 Å². The summed E-state index contributed by atoms with van der Waals surface area (Å²) in [7, 11) is 0. The standard InChI is InChI=1S/C14H19FN2O3/c15-12-3-1-2-11(6-12)7-14(10-18)9-17(4-5-20-14)8-13(16)19/h1-3,6,18H,4-5,7-10H2,(H2,16,19). The van der Waals surface area contributed by atoms with Gasteiger partial charge in [0.25, 0.3) is 0 Å². The minimum atomic E-state index is -0.818. The number of carbonyl (C=O) groups excluding carboxylic acids is 1. The van der Waals surface area contributed by atoms with Crippen LogP contribution in [0.2, 0.25) is 0 Å². The molecule has 0 radical (unpaired) electrons. The molecule has 1 aromatic rings. The first-order valence-electron chi connectivity index (χ1n) is 6.53. The van der Waals surface area contributed by atoms with Gasteiger partial charge in [0.15, 0.2) is 0 Å². The van der Waals surface area contributed by atoms with Crippen molar-refractivity contribution in [3.63, 3.8) is 0 Å². The quantitative estimate of drug-likeness (QED) is 0.792. The molecule has 1 fully saturated rings. The highest BCUT2D eigenvalue weighted by Crippen LogP contribution is 2.23. The minimum Gasteiger partial charge on any atom is -0.393 e. The molecule has 2 rings (SSSR count). The number of hydrogen-bond donors (Lipinski definition) is 2. The van der Waals surface area contributed by atoms with Crippen molar-refractivity contribution in [2.24, 2.45) is 5.73 Å². The smallest absolute Gasteiger partial charge is 0.231 e. The number of primary amides is 1. The highest BCUT2D eigenvalue weighted by molar-refractivity contribution is 5.75. The number of rotatable bonds is 5. The van der Waals surface area contributed by atoms with E-state index < -0.39 is 11.5 Å². The highest BCUT2D eigenvalue weighted by atomic mass is 19.1. The van der Waals surface area contributed by atoms with Crippen molar-refractivity contribution in [1.29, 1.82) is 0 Å². The average molecular weight is 282 g/mol. The van der Waals surface area contributed by atoms with Crippen LogP contribution in [0.5, 0.6) is 0 Å². The molecule has 1 amide bonds. The highest BCUT2D eigenvalue weighted by Gasteiger charge is 2.36. The first kappa shape index (κ1) is 14.9. The van der Waals surface area contributed by atoms with Gasteiger partial charge in [0.05, 0.1) is 19.8 Å². The molecule has 20 heavy (non-hydrogen) atoms. The summed E-state index contributed by atoms with van der Waals surface area (Å²) >= 11 is 0. The Kier molecular flexibility index (Phi) is 4.69. The SMILES string of the molecule is NC(=O)CN1CCOC(CO)(Cc2cccc(F)c2)C1. The van der Waals surface area contributed by atoms with Crippen LogP contribution < -0.4 is 5.73 Å². The summed E-state index contributed by atoms with van der Waals surface area (Å²) in [6.07, 6.45) is 0.385. The number of morpholine rings is 1. The van der Waals surface area contributed by atoms with Crippen LogP contribution in [-0.2, 0) is 16.0 Å². The lowest BCUT2D eigenvalue weighted by atomic mass is 9.93. The lowest BCUT2D eigenvalue weighted by Crippen LogP contribution is -2.56. The zero-order chi connectivity index (χ0) is 14.6. The van der Waals surface area contributed by atoms with Crippen molar-refractivity contribution in [2.75, 3.05) is 32.8 Å². The van der Waals surface area contributed by atoms with Gasteiger partial charge >= 0.3 is 0 Å². The van der Waals surface area contributed by atoms with Gasteiger partial charge in [-0.1, -0.05) is 12.1 Å². The second-order valence-corrected chi connectivity index (χ2v) is 5.17. The lowest BCUT2D eigenvalue weighted by molar-refractivity contribution is -0.139. The number of carbonyl (C=O) groups is 1. The van der Waals surface area contributed by atoms with E-state index in [9.17, 15) is 14.3 Å². The molecule has 1 unspecified atom stereocenters. The summed E-state index contributed by atoms with van der Waals surface area (Å²) in [6, 6.07) is 6.21. The molecule has 0 saturated carbocycles. The van der Waals surface area contributed by atoms with Gasteiger partial charge in [-0.25, -0.2) is 4.39 Å². The van der Waals surface area contributed by atoms with Crippen LogP contribution in [0.1, 0.15) is 5.56 Å². The third kappa shape index (κ3) is 3.75. The maximum Gasteiger partial charge on any atom is 0.231 e. The molecule has 1 aromatic carbocycles. The van der Waals surface area contributed by atoms with E-state index in [4.69, 9.17) is 10.5 Å². The van der Waals surface area contributed by atoms with Crippen molar-refractivity contribution < 1.29 is 19.0 Å². The van der Waals surface area contributed by atoms with Gasteiger partial charge in [-0.2, -0.15) is 0 Å². The van der Waals surface area contributed by atoms with Crippen LogP contribution in [0.4, 0.5) is 4.39 Å². The number of ether oxygens (including phenoxy) is 1. The van der Waals surface area contributed by atoms with Crippen molar-refractivity contribution >= 4 is 5.91 Å². The van der Waals surface area contributed by atoms with Gasteiger partial charge in [0.2, 0.25) is 5.91 Å². The number of nitrogens with two attached hydrogens (primary N) is 1. The molecular weight excluding hydrogens is 263 g/mol. The number of benzene rings is 1. The summed E-state index contributed by atoms with van der Waals surface area (Å²) in [4.78, 5) is 12.8. The fourth-order valence-electron chi connectivity index (χ4n) is 2.56. The monoisotopic (exact) mass is 282 g/mol. The molecular formula is C14H19FN2O3. The van der Waals surface area contributed by atoms with E-state index in [1.54, 1.807) is 12.1 Å². The number of halogens is 1. The predicted octanol–water partition coefficient (Wildman–Crippen LogP) is -0.0832. The van der Waals surface area contributed by atoms with E-state index in [0.717, 1.165) is 5.56 Å². The molecule has 3 N–H and O–H groups in total. The molecule has 0 bridgehead atoms. The molecule has 1 saturated heterocycles. The normalized spacial score (nSPS) is 23.7. The fourth-order valence-corrected chi connectivity index (χ4v) is 2.56. The summed E-state index contributed by atoms with van der Waals surface area (Å²) in [5.74, 6) is -0.732. The van der Waals surface area contributed by atoms with E-state index in [2.05, 4.69) is 0 Å². The Morgan fingerprint density at radius 3 is 3.00 bits per heavy atom. The first-order chi connectivity index (χ1) is 9.53. The van der Waals surface area contributed by atoms with Crippen LogP contribution in [-0.4, -0.2) is 54.4 Å². The maximum atomic E-state index is 13.2. The Hall–Kier alpha value is -1.50. The predicted molar refractivity (Wildman–Crippen MR) is 71.5 cm³/mol. The van der Waals surface area contributed by atoms with Gasteiger partial charge in [-0.05, 0) is 17.7 Å². The van der Waals surface area contributed by atoms with Gasteiger partial charge in [0, 0.05) is 19.5 Å². The third-order valence-electron chi connectivity index (χ3n) is 3.41. The number of aliphatic hydroxyl groups is 1. The van der Waals surface area contributed by atoms with Crippen LogP contribution in [0.3, 0.4) is 0 Å². The molecule has 110 valence electrons. The Morgan fingerprint density at radius 1 is 1.55 bits per heavy atom. The Morgan fingerprint density at radius 2 is 2.35 bits per heavy atom. The molecule has 1 heterocycles. The van der Waals surface area contributed by atoms with Crippen molar-refractivity contribution in [3.8, 4) is 0 Å². The first-order valence-corrected chi connectivity index (χ1v) is 6.53. The number of nitrogens with zero attached hydrogens (tertiary/aromatic N) is 1. The fraction of sp³-hybridized carbons (Fsp3) is 0.500. The Balaban J connectivity index is 2.10. The number of aliphatic hydroxyl groups excluding tert-OH is 1. The topological polar surface area (TPSA) is 75.8 Å². The van der Waals surface area contributed by atoms with Gasteiger partial charge in [-0.15, -0.1) is 0 Å². The molecule has 1 aliphatic heterocycles. The molecule has 1 aliphatic rings. The molecule has 0 aromatic heterocycles. The van der Waals surface area contributed by atoms with Crippen LogP contribution >= 0.6 is 0 Å². The molecule has 5 nitrogen and oxygen atoms in total. The largest absolute Gasteiger partial charge is 0.393 e. The second-order valence-electron chi connectivity index (χ2n) is 5.17. The van der Waals surface area contributed by atoms with Crippen LogP contribution in [0, 0.1) is 5.82 Å². The molecule has 0 spiro atoms. The number of amides is 1. The van der Waals surface area contributed by atoms with Gasteiger partial charge in [0.1, 0.15) is 11.4 Å². The maximum absolute atomic E-state index is 13.2. The van der Waals surface area contributed by atoms with E-state index in [0.29, 0.717) is 26.1 Å². The van der Waals surface area contributed by atoms with Crippen molar-refractivity contribution in [1.82, 2.24) is 4.90 Å². The Bertz CT molecular complexity index is 483. The van der Waals surface area contributed by atoms with Crippen LogP contribution in [0.15, 0.2) is 24.3 Å². The zero-order valence-electron chi connectivity index (χ0n) is 11.2. The van der Waals surface area contributed by atoms with E-state index in [-0.39, 0.29) is 19.0 Å². The number of hydrogen-bond acceptors (Lipinski definition) is 4. The van der Waals surface area contributed by atoms with Crippen LogP contribution in [0.25, 0.3) is 0 Å². The zero-order valence-corrected chi connectivity index (χ0v) is 11.2. The summed E-state index contributed by atoms with van der Waals surface area (Å²) in [6.45, 7) is 1.33. The van der Waals surface area contributed by atoms with E-state index in [1.165, 1.54) is 12.1 Å². The summed E-state index contributed by atoms with van der Waals surface area (Å²) in [5.41, 5.74) is 5.12. The van der Waals surface area contributed by atoms with Crippen molar-refractivity contribution in [2.45, 2.75) is 12.0 Å². The minimum absolute atomic E-state index is 0.133. The molecule has 6 heteroatoms. The van der Waals surface area contributed by atoms with E-state index >= 15 is 0 Å². The Labute approximate surface area is 117 Å². The lowest BCUT2D eigenvalue weighted by Gasteiger charge is -2.41. The molecule has 0 aliphatic carbocycles. The summed E-state index contributed by atoms with van der Waals surface area (Å²) < 4.78 is 18.9. The summed E-state index contributed by atoms with van der Waals surface area (Å²) in [5, 5.41) is 9.66. The third-order valence-corrected chi connectivity index (χ3v) is 3.41. The van der Waals surface area contributed by atoms with E-state index in [1.807, 2.05) is 4.90 Å². The van der Waals surface area contributed by atoms with Gasteiger partial charge in [-0.3, -0.25) is 9.69 Å².